The average Bonchev–Trinajstić information content (AvgIpc) is 3.37. The van der Waals surface area contributed by atoms with E-state index in [1.807, 2.05) is 28.5 Å². The second-order valence-electron chi connectivity index (χ2n) is 6.81. The molecule has 28 heavy (non-hydrogen) atoms. The van der Waals surface area contributed by atoms with Crippen LogP contribution in [-0.2, 0) is 6.54 Å². The first-order chi connectivity index (χ1) is 13.6. The topological polar surface area (TPSA) is 54.3 Å². The monoisotopic (exact) mass is 413 g/mol. The first-order valence-electron chi connectivity index (χ1n) is 9.15. The zero-order chi connectivity index (χ0) is 19.5. The summed E-state index contributed by atoms with van der Waals surface area (Å²) < 4.78 is 1.55. The highest BCUT2D eigenvalue weighted by atomic mass is 35.5. The summed E-state index contributed by atoms with van der Waals surface area (Å²) in [5, 5.41) is 7.69. The quantitative estimate of drug-likeness (QED) is 0.655. The number of nitrogens with one attached hydrogen (secondary N) is 1. The molecule has 4 rings (SSSR count). The Hall–Kier alpha value is -2.57. The summed E-state index contributed by atoms with van der Waals surface area (Å²) >= 11 is 7.85. The normalized spacial score (nSPS) is 16.3. The zero-order valence-corrected chi connectivity index (χ0v) is 16.7. The van der Waals surface area contributed by atoms with Gasteiger partial charge in [0.1, 0.15) is 0 Å². The van der Waals surface area contributed by atoms with Crippen LogP contribution < -0.4 is 10.9 Å². The Morgan fingerprint density at radius 2 is 2.07 bits per heavy atom. The number of halogens is 1. The highest BCUT2D eigenvalue weighted by molar-refractivity contribution is 7.08. The van der Waals surface area contributed by atoms with Crippen LogP contribution in [0.4, 0.5) is 10.5 Å². The molecule has 7 heteroatoms. The zero-order valence-electron chi connectivity index (χ0n) is 15.2. The lowest BCUT2D eigenvalue weighted by molar-refractivity contribution is 0.207. The van der Waals surface area contributed by atoms with E-state index in [1.165, 1.54) is 11.6 Å². The molecule has 1 aliphatic heterocycles. The van der Waals surface area contributed by atoms with Gasteiger partial charge in [0.2, 0.25) is 0 Å². The van der Waals surface area contributed by atoms with Crippen molar-refractivity contribution in [1.82, 2.24) is 9.47 Å². The average molecular weight is 414 g/mol. The molecule has 0 spiro atoms. The van der Waals surface area contributed by atoms with E-state index in [0.29, 0.717) is 17.3 Å². The van der Waals surface area contributed by atoms with Crippen LogP contribution in [0.2, 0.25) is 5.02 Å². The van der Waals surface area contributed by atoms with Crippen molar-refractivity contribution in [3.8, 4) is 0 Å². The fraction of sp³-hybridized carbons (Fsp3) is 0.238. The molecular weight excluding hydrogens is 394 g/mol. The highest BCUT2D eigenvalue weighted by Crippen LogP contribution is 2.33. The Labute approximate surface area is 172 Å². The molecule has 1 aliphatic rings. The molecule has 3 heterocycles. The summed E-state index contributed by atoms with van der Waals surface area (Å²) in [4.78, 5) is 26.9. The third-order valence-electron chi connectivity index (χ3n) is 4.97. The lowest BCUT2D eigenvalue weighted by Gasteiger charge is -2.24. The number of thiophene rings is 1. The number of carbonyl (C=O) groups excluding carboxylic acids is 1. The van der Waals surface area contributed by atoms with Gasteiger partial charge in [0, 0.05) is 23.8 Å². The third kappa shape index (κ3) is 3.98. The maximum absolute atomic E-state index is 12.8. The van der Waals surface area contributed by atoms with E-state index in [2.05, 4.69) is 16.8 Å². The predicted molar refractivity (Wildman–Crippen MR) is 113 cm³/mol. The lowest BCUT2D eigenvalue weighted by Crippen LogP contribution is -2.34. The number of likely N-dealkylation sites (tertiary alicyclic amines) is 1. The number of urea groups is 1. The van der Waals surface area contributed by atoms with Crippen molar-refractivity contribution >= 4 is 34.7 Å². The van der Waals surface area contributed by atoms with Crippen LogP contribution >= 0.6 is 22.9 Å². The summed E-state index contributed by atoms with van der Waals surface area (Å²) in [7, 11) is 0. The Morgan fingerprint density at radius 1 is 1.21 bits per heavy atom. The van der Waals surface area contributed by atoms with E-state index >= 15 is 0 Å². The maximum atomic E-state index is 12.8. The van der Waals surface area contributed by atoms with Crippen molar-refractivity contribution in [3.63, 3.8) is 0 Å². The lowest BCUT2D eigenvalue weighted by atomic mass is 10.1. The highest BCUT2D eigenvalue weighted by Gasteiger charge is 2.30. The van der Waals surface area contributed by atoms with Gasteiger partial charge in [-0.1, -0.05) is 29.8 Å². The standard InChI is InChI=1S/C21H20ClN3O2S/c22-18-5-2-1-4-15(18)12-24-13-17(7-8-20(24)26)23-21(27)25-10-3-6-19(25)16-9-11-28-14-16/h1-2,4-5,7-9,11,13-14,19H,3,6,10,12H2,(H,23,27)/t19-/m0/s1. The van der Waals surface area contributed by atoms with Crippen LogP contribution in [-0.4, -0.2) is 22.0 Å². The van der Waals surface area contributed by atoms with Gasteiger partial charge < -0.3 is 14.8 Å². The molecule has 0 radical (unpaired) electrons. The van der Waals surface area contributed by atoms with Crippen LogP contribution in [0.3, 0.4) is 0 Å². The van der Waals surface area contributed by atoms with Crippen LogP contribution in [0.5, 0.6) is 0 Å². The second-order valence-corrected chi connectivity index (χ2v) is 8.00. The van der Waals surface area contributed by atoms with Gasteiger partial charge in [-0.05, 0) is 52.9 Å². The van der Waals surface area contributed by atoms with Crippen LogP contribution in [0.15, 0.2) is 64.2 Å². The number of pyridine rings is 1. The van der Waals surface area contributed by atoms with E-state index in [-0.39, 0.29) is 17.6 Å². The van der Waals surface area contributed by atoms with Gasteiger partial charge in [0.15, 0.2) is 0 Å². The molecule has 1 aromatic carbocycles. The summed E-state index contributed by atoms with van der Waals surface area (Å²) in [6, 6.07) is 12.6. The molecule has 0 saturated carbocycles. The minimum Gasteiger partial charge on any atom is -0.317 e. The molecule has 3 aromatic rings. The van der Waals surface area contributed by atoms with Crippen molar-refractivity contribution in [3.05, 3.63) is 85.9 Å². The molecule has 1 fully saturated rings. The largest absolute Gasteiger partial charge is 0.322 e. The van der Waals surface area contributed by atoms with Gasteiger partial charge in [-0.3, -0.25) is 4.79 Å². The number of anilines is 1. The maximum Gasteiger partial charge on any atom is 0.322 e. The van der Waals surface area contributed by atoms with Gasteiger partial charge in [-0.25, -0.2) is 4.79 Å². The van der Waals surface area contributed by atoms with E-state index in [1.54, 1.807) is 34.2 Å². The summed E-state index contributed by atoms with van der Waals surface area (Å²) in [5.41, 5.74) is 2.48. The summed E-state index contributed by atoms with van der Waals surface area (Å²) in [5.74, 6) is 0. The molecule has 1 atom stereocenters. The van der Waals surface area contributed by atoms with Crippen molar-refractivity contribution in [2.45, 2.75) is 25.4 Å². The Balaban J connectivity index is 1.51. The number of benzene rings is 1. The molecule has 2 amide bonds. The third-order valence-corrected chi connectivity index (χ3v) is 6.05. The minimum atomic E-state index is -0.143. The molecule has 0 aliphatic carbocycles. The van der Waals surface area contributed by atoms with Gasteiger partial charge in [0.25, 0.3) is 5.56 Å². The predicted octanol–water partition coefficient (Wildman–Crippen LogP) is 4.98. The molecule has 1 N–H and O–H groups in total. The van der Waals surface area contributed by atoms with Crippen LogP contribution in [0, 0.1) is 0 Å². The van der Waals surface area contributed by atoms with E-state index < -0.39 is 0 Å². The number of nitrogens with zero attached hydrogens (tertiary/aromatic N) is 2. The number of amides is 2. The van der Waals surface area contributed by atoms with Crippen molar-refractivity contribution in [2.24, 2.45) is 0 Å². The molecule has 144 valence electrons. The number of hydrogen-bond acceptors (Lipinski definition) is 3. The summed E-state index contributed by atoms with van der Waals surface area (Å²) in [6.07, 6.45) is 3.62. The summed E-state index contributed by atoms with van der Waals surface area (Å²) in [6.45, 7) is 1.08. The second kappa shape index (κ2) is 8.20. The van der Waals surface area contributed by atoms with Crippen molar-refractivity contribution in [1.29, 1.82) is 0 Å². The fourth-order valence-corrected chi connectivity index (χ4v) is 4.46. The number of aromatic nitrogens is 1. The SMILES string of the molecule is O=C(Nc1ccc(=O)n(Cc2ccccc2Cl)c1)N1CCC[C@H]1c1ccsc1. The number of rotatable bonds is 4. The number of carbonyl (C=O) groups is 1. The Morgan fingerprint density at radius 3 is 2.86 bits per heavy atom. The molecule has 0 bridgehead atoms. The number of hydrogen-bond donors (Lipinski definition) is 1. The fourth-order valence-electron chi connectivity index (χ4n) is 3.56. The van der Waals surface area contributed by atoms with Gasteiger partial charge in [0.05, 0.1) is 18.3 Å². The molecule has 1 saturated heterocycles. The first-order valence-corrected chi connectivity index (χ1v) is 10.5. The van der Waals surface area contributed by atoms with E-state index in [0.717, 1.165) is 24.9 Å². The van der Waals surface area contributed by atoms with Crippen molar-refractivity contribution in [2.75, 3.05) is 11.9 Å². The molecule has 0 unspecified atom stereocenters. The molecule has 5 nitrogen and oxygen atoms in total. The van der Waals surface area contributed by atoms with Crippen LogP contribution in [0.25, 0.3) is 0 Å². The Kier molecular flexibility index (Phi) is 5.50. The Bertz CT molecular complexity index is 1030. The smallest absolute Gasteiger partial charge is 0.317 e. The van der Waals surface area contributed by atoms with E-state index in [9.17, 15) is 9.59 Å². The molecule has 2 aromatic heterocycles. The van der Waals surface area contributed by atoms with Gasteiger partial charge >= 0.3 is 6.03 Å². The van der Waals surface area contributed by atoms with Gasteiger partial charge in [-0.2, -0.15) is 11.3 Å². The van der Waals surface area contributed by atoms with Crippen molar-refractivity contribution < 1.29 is 4.79 Å². The minimum absolute atomic E-state index is 0.111. The van der Waals surface area contributed by atoms with Gasteiger partial charge in [-0.15, -0.1) is 0 Å². The van der Waals surface area contributed by atoms with E-state index in [4.69, 9.17) is 11.6 Å². The van der Waals surface area contributed by atoms with Crippen LogP contribution in [0.1, 0.15) is 30.0 Å². The first kappa shape index (κ1) is 18.8. The molecular formula is C21H20ClN3O2S.